The van der Waals surface area contributed by atoms with E-state index >= 15 is 0 Å². The van der Waals surface area contributed by atoms with Crippen molar-refractivity contribution < 1.29 is 18.8 Å². The molecule has 0 atom stereocenters. The minimum absolute atomic E-state index is 0.231. The van der Waals surface area contributed by atoms with E-state index in [-0.39, 0.29) is 17.0 Å². The third-order valence-electron chi connectivity index (χ3n) is 5.84. The van der Waals surface area contributed by atoms with Gasteiger partial charge < -0.3 is 19.9 Å². The number of urea groups is 1. The normalized spacial score (nSPS) is 11.3. The summed E-state index contributed by atoms with van der Waals surface area (Å²) in [4.78, 5) is 28.8. The molecular formula is C28H27N7O4. The quantitative estimate of drug-likeness (QED) is 0.266. The third kappa shape index (κ3) is 5.72. The molecular weight excluding hydrogens is 498 g/mol. The Morgan fingerprint density at radius 3 is 2.49 bits per heavy atom. The number of aromatic nitrogens is 4. The van der Waals surface area contributed by atoms with Crippen LogP contribution in [0, 0.1) is 0 Å². The molecule has 11 heteroatoms. The van der Waals surface area contributed by atoms with Crippen molar-refractivity contribution in [2.24, 2.45) is 0 Å². The fourth-order valence-corrected chi connectivity index (χ4v) is 3.77. The second-order valence-corrected chi connectivity index (χ2v) is 9.79. The molecule has 198 valence electrons. The molecule has 3 aromatic heterocycles. The van der Waals surface area contributed by atoms with Gasteiger partial charge in [-0.05, 0) is 48.5 Å². The molecule has 5 aromatic rings. The summed E-state index contributed by atoms with van der Waals surface area (Å²) in [6, 6.07) is 17.1. The van der Waals surface area contributed by atoms with Crippen LogP contribution >= 0.6 is 0 Å². The molecule has 0 aliphatic rings. The first-order chi connectivity index (χ1) is 18.7. The van der Waals surface area contributed by atoms with E-state index in [1.54, 1.807) is 47.3 Å². The molecule has 3 heterocycles. The van der Waals surface area contributed by atoms with E-state index in [0.717, 1.165) is 16.8 Å². The van der Waals surface area contributed by atoms with Gasteiger partial charge in [0.05, 0.1) is 17.6 Å². The molecule has 2 aromatic carbocycles. The maximum Gasteiger partial charge on any atom is 0.324 e. The van der Waals surface area contributed by atoms with Crippen LogP contribution in [0.25, 0.3) is 16.7 Å². The molecule has 3 amide bonds. The standard InChI is InChI=1S/C28H27N7O4/c1-28(2,3)24-15-25(35(34-24)19-7-10-23-17(13-19)16-31-39-23)33-27(37)32-18-5-8-20(9-6-18)38-21-11-12-30-22(14-21)26(36)29-4/h5-16H,1-4H3,(H,29,36)(H2,32,33,37). The smallest absolute Gasteiger partial charge is 0.324 e. The molecule has 0 saturated heterocycles. The number of pyridine rings is 1. The molecule has 11 nitrogen and oxygen atoms in total. The van der Waals surface area contributed by atoms with Crippen molar-refractivity contribution in [3.63, 3.8) is 0 Å². The maximum atomic E-state index is 12.9. The highest BCUT2D eigenvalue weighted by Crippen LogP contribution is 2.28. The van der Waals surface area contributed by atoms with Crippen molar-refractivity contribution >= 4 is 34.4 Å². The average molecular weight is 526 g/mol. The number of nitrogens with zero attached hydrogens (tertiary/aromatic N) is 4. The Morgan fingerprint density at radius 1 is 0.949 bits per heavy atom. The number of ether oxygens (including phenoxy) is 1. The fourth-order valence-electron chi connectivity index (χ4n) is 3.77. The van der Waals surface area contributed by atoms with Gasteiger partial charge in [-0.25, -0.2) is 9.48 Å². The Bertz CT molecular complexity index is 1650. The van der Waals surface area contributed by atoms with Gasteiger partial charge in [-0.1, -0.05) is 25.9 Å². The molecule has 0 bridgehead atoms. The number of anilines is 2. The van der Waals surface area contributed by atoms with Crippen molar-refractivity contribution in [3.05, 3.63) is 84.4 Å². The molecule has 0 radical (unpaired) electrons. The van der Waals surface area contributed by atoms with Crippen molar-refractivity contribution in [1.29, 1.82) is 0 Å². The third-order valence-corrected chi connectivity index (χ3v) is 5.84. The number of hydrogen-bond donors (Lipinski definition) is 3. The van der Waals surface area contributed by atoms with E-state index in [4.69, 9.17) is 14.4 Å². The summed E-state index contributed by atoms with van der Waals surface area (Å²) < 4.78 is 12.7. The molecule has 39 heavy (non-hydrogen) atoms. The Morgan fingerprint density at radius 2 is 1.74 bits per heavy atom. The van der Waals surface area contributed by atoms with Crippen LogP contribution in [-0.4, -0.2) is 38.9 Å². The van der Waals surface area contributed by atoms with Gasteiger partial charge in [-0.3, -0.25) is 15.1 Å². The summed E-state index contributed by atoms with van der Waals surface area (Å²) in [5, 5.41) is 17.7. The molecule has 0 saturated carbocycles. The summed E-state index contributed by atoms with van der Waals surface area (Å²) >= 11 is 0. The van der Waals surface area contributed by atoms with E-state index in [1.807, 2.05) is 24.3 Å². The van der Waals surface area contributed by atoms with Gasteiger partial charge in [-0.2, -0.15) is 5.10 Å². The molecule has 3 N–H and O–H groups in total. The summed E-state index contributed by atoms with van der Waals surface area (Å²) in [5.41, 5.74) is 2.82. The fraction of sp³-hybridized carbons (Fsp3) is 0.179. The largest absolute Gasteiger partial charge is 0.457 e. The molecule has 0 aliphatic heterocycles. The Balaban J connectivity index is 1.30. The average Bonchev–Trinajstić information content (AvgIpc) is 3.56. The molecule has 0 aliphatic carbocycles. The molecule has 5 rings (SSSR count). The van der Waals surface area contributed by atoms with E-state index in [2.05, 4.69) is 46.9 Å². The minimum Gasteiger partial charge on any atom is -0.457 e. The lowest BCUT2D eigenvalue weighted by Gasteiger charge is -2.14. The molecule has 0 fully saturated rings. The number of amides is 3. The lowest BCUT2D eigenvalue weighted by molar-refractivity contribution is 0.0957. The summed E-state index contributed by atoms with van der Waals surface area (Å²) in [7, 11) is 1.54. The Kier molecular flexibility index (Phi) is 6.72. The van der Waals surface area contributed by atoms with Crippen molar-refractivity contribution in [2.75, 3.05) is 17.7 Å². The highest BCUT2D eigenvalue weighted by molar-refractivity contribution is 5.99. The first-order valence-corrected chi connectivity index (χ1v) is 12.2. The zero-order valence-electron chi connectivity index (χ0n) is 21.9. The van der Waals surface area contributed by atoms with Gasteiger partial charge in [0.2, 0.25) is 0 Å². The zero-order valence-corrected chi connectivity index (χ0v) is 21.9. The lowest BCUT2D eigenvalue weighted by Crippen LogP contribution is -2.21. The van der Waals surface area contributed by atoms with E-state index in [0.29, 0.717) is 28.6 Å². The van der Waals surface area contributed by atoms with Gasteiger partial charge >= 0.3 is 6.03 Å². The number of fused-ring (bicyclic) bond motifs is 1. The van der Waals surface area contributed by atoms with Crippen LogP contribution < -0.4 is 20.7 Å². The van der Waals surface area contributed by atoms with Crippen LogP contribution in [0.4, 0.5) is 16.3 Å². The summed E-state index contributed by atoms with van der Waals surface area (Å²) in [6.07, 6.45) is 3.13. The number of nitrogens with one attached hydrogen (secondary N) is 3. The number of benzene rings is 2. The highest BCUT2D eigenvalue weighted by Gasteiger charge is 2.22. The van der Waals surface area contributed by atoms with Gasteiger partial charge in [0.25, 0.3) is 5.91 Å². The van der Waals surface area contributed by atoms with Crippen LogP contribution in [0.2, 0.25) is 0 Å². The Hall–Kier alpha value is -5.19. The van der Waals surface area contributed by atoms with Crippen molar-refractivity contribution in [3.8, 4) is 17.2 Å². The van der Waals surface area contributed by atoms with Crippen LogP contribution in [0.1, 0.15) is 37.0 Å². The van der Waals surface area contributed by atoms with Gasteiger partial charge in [0.15, 0.2) is 5.58 Å². The number of hydrogen-bond acceptors (Lipinski definition) is 7. The van der Waals surface area contributed by atoms with Crippen LogP contribution in [0.5, 0.6) is 11.5 Å². The second-order valence-electron chi connectivity index (χ2n) is 9.79. The number of carbonyl (C=O) groups excluding carboxylic acids is 2. The first-order valence-electron chi connectivity index (χ1n) is 12.2. The lowest BCUT2D eigenvalue weighted by atomic mass is 9.92. The predicted octanol–water partition coefficient (Wildman–Crippen LogP) is 5.50. The van der Waals surface area contributed by atoms with Crippen LogP contribution in [0.15, 0.2) is 77.6 Å². The monoisotopic (exact) mass is 525 g/mol. The second kappa shape index (κ2) is 10.3. The first kappa shape index (κ1) is 25.5. The molecule has 0 spiro atoms. The summed E-state index contributed by atoms with van der Waals surface area (Å²) in [6.45, 7) is 6.17. The van der Waals surface area contributed by atoms with Gasteiger partial charge in [0.1, 0.15) is 23.0 Å². The van der Waals surface area contributed by atoms with Crippen LogP contribution in [0.3, 0.4) is 0 Å². The van der Waals surface area contributed by atoms with E-state index < -0.39 is 6.03 Å². The maximum absolute atomic E-state index is 12.9. The minimum atomic E-state index is -0.430. The predicted molar refractivity (Wildman–Crippen MR) is 147 cm³/mol. The van der Waals surface area contributed by atoms with Gasteiger partial charge in [-0.15, -0.1) is 0 Å². The van der Waals surface area contributed by atoms with E-state index in [1.165, 1.54) is 13.2 Å². The van der Waals surface area contributed by atoms with Crippen molar-refractivity contribution in [1.82, 2.24) is 25.2 Å². The number of carbonyl (C=O) groups is 2. The van der Waals surface area contributed by atoms with Gasteiger partial charge in [0, 0.05) is 41.9 Å². The van der Waals surface area contributed by atoms with Crippen LogP contribution in [-0.2, 0) is 5.41 Å². The zero-order chi connectivity index (χ0) is 27.6. The topological polar surface area (TPSA) is 136 Å². The Labute approximate surface area is 224 Å². The number of rotatable bonds is 6. The van der Waals surface area contributed by atoms with E-state index in [9.17, 15) is 9.59 Å². The molecule has 0 unspecified atom stereocenters. The van der Waals surface area contributed by atoms with Crippen molar-refractivity contribution in [2.45, 2.75) is 26.2 Å². The SMILES string of the molecule is CNC(=O)c1cc(Oc2ccc(NC(=O)Nc3cc(C(C)(C)C)nn3-c3ccc4oncc4c3)cc2)ccn1. The summed E-state index contributed by atoms with van der Waals surface area (Å²) in [5.74, 6) is 1.21. The highest BCUT2D eigenvalue weighted by atomic mass is 16.5.